The number of carbonyl (C=O) groups is 1. The third-order valence-corrected chi connectivity index (χ3v) is 3.91. The van der Waals surface area contributed by atoms with Crippen LogP contribution in [-0.4, -0.2) is 17.1 Å². The Hall–Kier alpha value is -1.54. The molecule has 2 atom stereocenters. The number of hydrogen-bond donors (Lipinski definition) is 2. The molecule has 2 aromatic carbocycles. The summed E-state index contributed by atoms with van der Waals surface area (Å²) in [6.07, 6.45) is -0.918. The molecular weight excluding hydrogens is 403 g/mol. The fourth-order valence-corrected chi connectivity index (χ4v) is 2.44. The highest BCUT2D eigenvalue weighted by molar-refractivity contribution is 14.1. The Morgan fingerprint density at radius 3 is 2.18 bits per heavy atom. The molecule has 0 radical (unpaired) electrons. The maximum Gasteiger partial charge on any atom is 0.257 e. The summed E-state index contributed by atoms with van der Waals surface area (Å²) in [5.41, 5.74) is -0.000764. The van der Waals surface area contributed by atoms with Crippen LogP contribution >= 0.6 is 22.6 Å². The lowest BCUT2D eigenvalue weighted by molar-refractivity contribution is 0.0850. The molecule has 0 fully saturated rings. The third kappa shape index (κ3) is 3.80. The number of halogens is 3. The van der Waals surface area contributed by atoms with Gasteiger partial charge in [-0.15, -0.1) is 0 Å². The number of hydrogen-bond acceptors (Lipinski definition) is 2. The van der Waals surface area contributed by atoms with Crippen LogP contribution in [0.15, 0.2) is 42.5 Å². The third-order valence-electron chi connectivity index (χ3n) is 3.19. The average molecular weight is 417 g/mol. The number of aliphatic hydroxyl groups excluding tert-OH is 1. The number of carbonyl (C=O) groups excluding carboxylic acids is 1. The summed E-state index contributed by atoms with van der Waals surface area (Å²) in [5, 5.41) is 12.3. The molecule has 3 nitrogen and oxygen atoms in total. The molecule has 0 spiro atoms. The molecule has 116 valence electrons. The van der Waals surface area contributed by atoms with Gasteiger partial charge in [-0.05, 0) is 59.3 Å². The first-order chi connectivity index (χ1) is 10.4. The lowest BCUT2D eigenvalue weighted by Gasteiger charge is -2.22. The van der Waals surface area contributed by atoms with E-state index in [0.29, 0.717) is 5.56 Å². The SMILES string of the molecule is C[C@H](O)[C@H](NC(=O)c1c(F)cccc1F)c1ccc(I)cc1. The molecule has 0 unspecified atom stereocenters. The van der Waals surface area contributed by atoms with E-state index in [9.17, 15) is 18.7 Å². The Kier molecular flexibility index (Phi) is 5.47. The lowest BCUT2D eigenvalue weighted by Crippen LogP contribution is -2.36. The number of nitrogens with one attached hydrogen (secondary N) is 1. The molecule has 0 aliphatic heterocycles. The summed E-state index contributed by atoms with van der Waals surface area (Å²) < 4.78 is 28.3. The summed E-state index contributed by atoms with van der Waals surface area (Å²) in [6.45, 7) is 1.50. The summed E-state index contributed by atoms with van der Waals surface area (Å²) in [6, 6.07) is 9.59. The number of aliphatic hydroxyl groups is 1. The first-order valence-electron chi connectivity index (χ1n) is 6.58. The van der Waals surface area contributed by atoms with Crippen molar-refractivity contribution < 1.29 is 18.7 Å². The van der Waals surface area contributed by atoms with E-state index < -0.39 is 35.3 Å². The Morgan fingerprint density at radius 2 is 1.68 bits per heavy atom. The maximum atomic E-state index is 13.6. The monoisotopic (exact) mass is 417 g/mol. The Labute approximate surface area is 140 Å². The fraction of sp³-hybridized carbons (Fsp3) is 0.188. The van der Waals surface area contributed by atoms with Crippen LogP contribution in [0.3, 0.4) is 0 Å². The van der Waals surface area contributed by atoms with Gasteiger partial charge in [0.05, 0.1) is 12.1 Å². The number of amides is 1. The van der Waals surface area contributed by atoms with E-state index in [1.54, 1.807) is 12.1 Å². The molecule has 1 amide bonds. The van der Waals surface area contributed by atoms with Crippen LogP contribution in [0.25, 0.3) is 0 Å². The molecule has 6 heteroatoms. The van der Waals surface area contributed by atoms with Crippen LogP contribution in [0.1, 0.15) is 28.9 Å². The molecule has 0 saturated carbocycles. The highest BCUT2D eigenvalue weighted by Crippen LogP contribution is 2.20. The number of benzene rings is 2. The normalized spacial score (nSPS) is 13.5. The maximum absolute atomic E-state index is 13.6. The van der Waals surface area contributed by atoms with Gasteiger partial charge in [-0.3, -0.25) is 4.79 Å². The van der Waals surface area contributed by atoms with E-state index in [-0.39, 0.29) is 0 Å². The van der Waals surface area contributed by atoms with Crippen molar-refractivity contribution in [3.05, 3.63) is 68.8 Å². The highest BCUT2D eigenvalue weighted by Gasteiger charge is 2.24. The van der Waals surface area contributed by atoms with Crippen molar-refractivity contribution in [3.8, 4) is 0 Å². The van der Waals surface area contributed by atoms with Crippen molar-refractivity contribution in [1.82, 2.24) is 5.32 Å². The Balaban J connectivity index is 2.28. The zero-order chi connectivity index (χ0) is 16.3. The largest absolute Gasteiger partial charge is 0.391 e. The molecule has 0 heterocycles. The van der Waals surface area contributed by atoms with Crippen molar-refractivity contribution in [3.63, 3.8) is 0 Å². The fourth-order valence-electron chi connectivity index (χ4n) is 2.08. The van der Waals surface area contributed by atoms with Crippen LogP contribution in [0.5, 0.6) is 0 Å². The van der Waals surface area contributed by atoms with Crippen molar-refractivity contribution in [2.24, 2.45) is 0 Å². The minimum absolute atomic E-state index is 0.653. The van der Waals surface area contributed by atoms with Gasteiger partial charge in [-0.1, -0.05) is 18.2 Å². The van der Waals surface area contributed by atoms with E-state index >= 15 is 0 Å². The van der Waals surface area contributed by atoms with Gasteiger partial charge in [0.25, 0.3) is 5.91 Å². The number of rotatable bonds is 4. The van der Waals surface area contributed by atoms with Gasteiger partial charge in [-0.25, -0.2) is 8.78 Å². The molecule has 22 heavy (non-hydrogen) atoms. The summed E-state index contributed by atoms with van der Waals surface area (Å²) in [5.74, 6) is -2.78. The molecule has 0 saturated heterocycles. The van der Waals surface area contributed by atoms with Gasteiger partial charge in [0.1, 0.15) is 17.2 Å². The van der Waals surface area contributed by atoms with Crippen molar-refractivity contribution >= 4 is 28.5 Å². The van der Waals surface area contributed by atoms with Crippen LogP contribution in [0, 0.1) is 15.2 Å². The Morgan fingerprint density at radius 1 is 1.14 bits per heavy atom. The summed E-state index contributed by atoms with van der Waals surface area (Å²) in [4.78, 5) is 12.1. The molecule has 2 aromatic rings. The van der Waals surface area contributed by atoms with Crippen molar-refractivity contribution in [2.75, 3.05) is 0 Å². The first-order valence-corrected chi connectivity index (χ1v) is 7.66. The predicted molar refractivity (Wildman–Crippen MR) is 87.4 cm³/mol. The molecule has 0 aliphatic rings. The smallest absolute Gasteiger partial charge is 0.257 e. The van der Waals surface area contributed by atoms with E-state index in [1.165, 1.54) is 13.0 Å². The van der Waals surface area contributed by atoms with Crippen molar-refractivity contribution in [1.29, 1.82) is 0 Å². The topological polar surface area (TPSA) is 49.3 Å². The van der Waals surface area contributed by atoms with Crippen LogP contribution in [0.2, 0.25) is 0 Å². The molecular formula is C16H14F2INO2. The second kappa shape index (κ2) is 7.15. The van der Waals surface area contributed by atoms with Crippen molar-refractivity contribution in [2.45, 2.75) is 19.1 Å². The second-order valence-electron chi connectivity index (χ2n) is 4.84. The van der Waals surface area contributed by atoms with E-state index in [4.69, 9.17) is 0 Å². The van der Waals surface area contributed by atoms with Crippen LogP contribution < -0.4 is 5.32 Å². The zero-order valence-corrected chi connectivity index (χ0v) is 13.8. The van der Waals surface area contributed by atoms with E-state index in [0.717, 1.165) is 15.7 Å². The molecule has 0 bridgehead atoms. The van der Waals surface area contributed by atoms with Gasteiger partial charge in [0.2, 0.25) is 0 Å². The predicted octanol–water partition coefficient (Wildman–Crippen LogP) is 3.42. The molecule has 2 rings (SSSR count). The molecule has 2 N–H and O–H groups in total. The van der Waals surface area contributed by atoms with E-state index in [1.807, 2.05) is 12.1 Å². The van der Waals surface area contributed by atoms with Gasteiger partial charge in [0.15, 0.2) is 0 Å². The van der Waals surface area contributed by atoms with Crippen LogP contribution in [-0.2, 0) is 0 Å². The molecule has 0 aliphatic carbocycles. The minimum Gasteiger partial charge on any atom is -0.391 e. The van der Waals surface area contributed by atoms with E-state index in [2.05, 4.69) is 27.9 Å². The van der Waals surface area contributed by atoms with Gasteiger partial charge >= 0.3 is 0 Å². The highest BCUT2D eigenvalue weighted by atomic mass is 127. The summed E-state index contributed by atoms with van der Waals surface area (Å²) in [7, 11) is 0. The van der Waals surface area contributed by atoms with Gasteiger partial charge < -0.3 is 10.4 Å². The van der Waals surface area contributed by atoms with Gasteiger partial charge in [-0.2, -0.15) is 0 Å². The van der Waals surface area contributed by atoms with Crippen LogP contribution in [0.4, 0.5) is 8.78 Å². The standard InChI is InChI=1S/C16H14F2INO2/c1-9(21)15(10-5-7-11(19)8-6-10)20-16(22)14-12(17)3-2-4-13(14)18/h2-9,15,21H,1H3,(H,20,22)/t9-,15-/m0/s1. The zero-order valence-electron chi connectivity index (χ0n) is 11.7. The lowest BCUT2D eigenvalue weighted by atomic mass is 10.0. The molecule has 0 aromatic heterocycles. The second-order valence-corrected chi connectivity index (χ2v) is 6.09. The Bertz CT molecular complexity index is 654. The average Bonchev–Trinajstić information content (AvgIpc) is 2.45. The summed E-state index contributed by atoms with van der Waals surface area (Å²) >= 11 is 2.13. The van der Waals surface area contributed by atoms with Gasteiger partial charge in [0, 0.05) is 3.57 Å². The quantitative estimate of drug-likeness (QED) is 0.750. The minimum atomic E-state index is -0.940. The first kappa shape index (κ1) is 16.8.